The molecule has 0 aliphatic heterocycles. The average molecular weight is 271 g/mol. The van der Waals surface area contributed by atoms with Crippen LogP contribution in [0.2, 0.25) is 0 Å². The summed E-state index contributed by atoms with van der Waals surface area (Å²) in [6, 6.07) is 2.72. The normalized spacial score (nSPS) is 12.2. The highest BCUT2D eigenvalue weighted by Crippen LogP contribution is 2.20. The summed E-state index contributed by atoms with van der Waals surface area (Å²) in [4.78, 5) is 3.95. The van der Waals surface area contributed by atoms with E-state index in [9.17, 15) is 12.8 Å². The van der Waals surface area contributed by atoms with Gasteiger partial charge in [-0.2, -0.15) is 0 Å². The van der Waals surface area contributed by atoms with Gasteiger partial charge in [0.15, 0.2) is 5.03 Å². The summed E-state index contributed by atoms with van der Waals surface area (Å²) in [5.41, 5.74) is -0.0152. The maximum absolute atomic E-state index is 13.8. The van der Waals surface area contributed by atoms with Gasteiger partial charge in [-0.05, 0) is 25.5 Å². The quantitative estimate of drug-likeness (QED) is 0.916. The van der Waals surface area contributed by atoms with Crippen molar-refractivity contribution in [1.82, 2.24) is 14.1 Å². The first-order valence-corrected chi connectivity index (χ1v) is 7.08. The molecule has 98 valence electrons. The topological polar surface area (TPSA) is 63.5 Å². The molecule has 0 spiro atoms. The number of nitrogens with one attached hydrogen (secondary N) is 1. The molecule has 0 bridgehead atoms. The molecule has 0 fully saturated rings. The fourth-order valence-corrected chi connectivity index (χ4v) is 3.02. The Labute approximate surface area is 105 Å². The minimum Gasteiger partial charge on any atom is -0.300 e. The van der Waals surface area contributed by atoms with Crippen molar-refractivity contribution in [1.29, 1.82) is 0 Å². The Morgan fingerprint density at radius 3 is 2.89 bits per heavy atom. The number of hydrogen-bond acceptors (Lipinski definition) is 3. The predicted molar refractivity (Wildman–Crippen MR) is 65.4 cm³/mol. The van der Waals surface area contributed by atoms with Gasteiger partial charge in [-0.1, -0.05) is 6.92 Å². The molecule has 0 unspecified atom stereocenters. The second-order valence-corrected chi connectivity index (χ2v) is 5.62. The van der Waals surface area contributed by atoms with Gasteiger partial charge in [0.1, 0.15) is 17.2 Å². The Morgan fingerprint density at radius 1 is 1.50 bits per heavy atom. The monoisotopic (exact) mass is 271 g/mol. The molecule has 0 atom stereocenters. The average Bonchev–Trinajstić information content (AvgIpc) is 2.67. The number of imidazole rings is 1. The van der Waals surface area contributed by atoms with Crippen molar-refractivity contribution in [3.63, 3.8) is 0 Å². The molecular weight excluding hydrogens is 257 g/mol. The SMILES string of the molecule is CCCNS(=O)(=O)c1nc(C)n2cccc(F)c12. The van der Waals surface area contributed by atoms with Crippen LogP contribution in [-0.4, -0.2) is 24.3 Å². The first-order chi connectivity index (χ1) is 8.47. The molecule has 2 rings (SSSR count). The summed E-state index contributed by atoms with van der Waals surface area (Å²) >= 11 is 0. The van der Waals surface area contributed by atoms with Crippen molar-refractivity contribution in [2.24, 2.45) is 0 Å². The number of hydrogen-bond donors (Lipinski definition) is 1. The van der Waals surface area contributed by atoms with Crippen LogP contribution in [0.25, 0.3) is 5.52 Å². The van der Waals surface area contributed by atoms with E-state index in [-0.39, 0.29) is 10.5 Å². The number of halogens is 1. The molecule has 0 saturated heterocycles. The highest BCUT2D eigenvalue weighted by molar-refractivity contribution is 7.89. The van der Waals surface area contributed by atoms with E-state index in [2.05, 4.69) is 9.71 Å². The van der Waals surface area contributed by atoms with Gasteiger partial charge in [0.05, 0.1) is 0 Å². The van der Waals surface area contributed by atoms with Crippen molar-refractivity contribution < 1.29 is 12.8 Å². The van der Waals surface area contributed by atoms with Crippen LogP contribution in [0.1, 0.15) is 19.2 Å². The molecule has 18 heavy (non-hydrogen) atoms. The van der Waals surface area contributed by atoms with Crippen LogP contribution >= 0.6 is 0 Å². The van der Waals surface area contributed by atoms with Gasteiger partial charge < -0.3 is 4.40 Å². The molecule has 0 amide bonds. The lowest BCUT2D eigenvalue weighted by atomic mass is 10.4. The van der Waals surface area contributed by atoms with Gasteiger partial charge in [-0.3, -0.25) is 0 Å². The Hall–Kier alpha value is -1.47. The fourth-order valence-electron chi connectivity index (χ4n) is 1.70. The lowest BCUT2D eigenvalue weighted by Gasteiger charge is -2.03. The standard InChI is InChI=1S/C11H14FN3O2S/c1-3-6-13-18(16,17)11-10-9(12)5-4-7-15(10)8(2)14-11/h4-5,7,13H,3,6H2,1-2H3. The molecule has 5 nitrogen and oxygen atoms in total. The van der Waals surface area contributed by atoms with E-state index >= 15 is 0 Å². The summed E-state index contributed by atoms with van der Waals surface area (Å²) in [5, 5.41) is -0.258. The van der Waals surface area contributed by atoms with E-state index in [4.69, 9.17) is 0 Å². The summed E-state index contributed by atoms with van der Waals surface area (Å²) in [5.74, 6) is -0.170. The predicted octanol–water partition coefficient (Wildman–Crippen LogP) is 1.47. The van der Waals surface area contributed by atoms with E-state index in [0.717, 1.165) is 0 Å². The minimum atomic E-state index is -3.77. The molecular formula is C11H14FN3O2S. The Kier molecular flexibility index (Phi) is 3.36. The first-order valence-electron chi connectivity index (χ1n) is 5.60. The smallest absolute Gasteiger partial charge is 0.260 e. The highest BCUT2D eigenvalue weighted by Gasteiger charge is 2.23. The fraction of sp³-hybridized carbons (Fsp3) is 0.364. The Balaban J connectivity index is 2.65. The van der Waals surface area contributed by atoms with Crippen LogP contribution in [-0.2, 0) is 10.0 Å². The number of aryl methyl sites for hydroxylation is 1. The Morgan fingerprint density at radius 2 is 2.22 bits per heavy atom. The second kappa shape index (κ2) is 4.66. The van der Waals surface area contributed by atoms with Gasteiger partial charge in [-0.25, -0.2) is 22.5 Å². The van der Waals surface area contributed by atoms with Crippen LogP contribution in [0.15, 0.2) is 23.4 Å². The molecule has 7 heteroatoms. The Bertz CT molecular complexity index is 679. The molecule has 0 radical (unpaired) electrons. The molecule has 2 heterocycles. The van der Waals surface area contributed by atoms with Crippen LogP contribution in [0.4, 0.5) is 4.39 Å². The number of pyridine rings is 1. The van der Waals surface area contributed by atoms with E-state index in [0.29, 0.717) is 18.8 Å². The van der Waals surface area contributed by atoms with Crippen molar-refractivity contribution >= 4 is 15.5 Å². The minimum absolute atomic E-state index is 0.0152. The number of fused-ring (bicyclic) bond motifs is 1. The highest BCUT2D eigenvalue weighted by atomic mass is 32.2. The maximum Gasteiger partial charge on any atom is 0.260 e. The van der Waals surface area contributed by atoms with E-state index < -0.39 is 15.8 Å². The summed E-state index contributed by atoms with van der Waals surface area (Å²) in [7, 11) is -3.77. The largest absolute Gasteiger partial charge is 0.300 e. The van der Waals surface area contributed by atoms with Crippen LogP contribution < -0.4 is 4.72 Å². The van der Waals surface area contributed by atoms with Crippen molar-refractivity contribution in [2.45, 2.75) is 25.3 Å². The second-order valence-electron chi connectivity index (χ2n) is 3.94. The molecule has 0 aromatic carbocycles. The number of aromatic nitrogens is 2. The van der Waals surface area contributed by atoms with Gasteiger partial charge in [0.2, 0.25) is 0 Å². The van der Waals surface area contributed by atoms with Crippen molar-refractivity contribution in [3.05, 3.63) is 30.0 Å². The zero-order chi connectivity index (χ0) is 13.3. The molecule has 2 aromatic heterocycles. The third-order valence-electron chi connectivity index (χ3n) is 2.56. The summed E-state index contributed by atoms with van der Waals surface area (Å²) < 4.78 is 41.6. The van der Waals surface area contributed by atoms with Gasteiger partial charge >= 0.3 is 0 Å². The lowest BCUT2D eigenvalue weighted by molar-refractivity contribution is 0.576. The van der Waals surface area contributed by atoms with Crippen LogP contribution in [0.5, 0.6) is 0 Å². The van der Waals surface area contributed by atoms with Gasteiger partial charge in [-0.15, -0.1) is 0 Å². The number of sulfonamides is 1. The van der Waals surface area contributed by atoms with E-state index in [1.54, 1.807) is 13.1 Å². The first kappa shape index (κ1) is 13.0. The maximum atomic E-state index is 13.8. The van der Waals surface area contributed by atoms with Crippen molar-refractivity contribution in [3.8, 4) is 0 Å². The lowest BCUT2D eigenvalue weighted by Crippen LogP contribution is -2.25. The number of nitrogens with zero attached hydrogens (tertiary/aromatic N) is 2. The van der Waals surface area contributed by atoms with E-state index in [1.807, 2.05) is 6.92 Å². The zero-order valence-corrected chi connectivity index (χ0v) is 11.0. The van der Waals surface area contributed by atoms with Crippen LogP contribution in [0, 0.1) is 12.7 Å². The molecule has 0 aliphatic carbocycles. The molecule has 1 N–H and O–H groups in total. The van der Waals surface area contributed by atoms with Gasteiger partial charge in [0.25, 0.3) is 10.0 Å². The zero-order valence-electron chi connectivity index (χ0n) is 10.1. The third-order valence-corrected chi connectivity index (χ3v) is 3.93. The summed E-state index contributed by atoms with van der Waals surface area (Å²) in [6.07, 6.45) is 2.24. The van der Waals surface area contributed by atoms with E-state index in [1.165, 1.54) is 16.5 Å². The van der Waals surface area contributed by atoms with Gasteiger partial charge in [0, 0.05) is 12.7 Å². The van der Waals surface area contributed by atoms with Crippen LogP contribution in [0.3, 0.4) is 0 Å². The number of rotatable bonds is 4. The van der Waals surface area contributed by atoms with Crippen molar-refractivity contribution in [2.75, 3.05) is 6.54 Å². The molecule has 0 saturated carbocycles. The molecule has 0 aliphatic rings. The molecule has 2 aromatic rings. The summed E-state index contributed by atoms with van der Waals surface area (Å²) in [6.45, 7) is 3.78. The third kappa shape index (κ3) is 2.11.